The second-order valence-electron chi connectivity index (χ2n) is 5.09. The first-order valence-corrected chi connectivity index (χ1v) is 7.56. The number of ether oxygens (including phenoxy) is 4. The molecule has 128 valence electrons. The van der Waals surface area contributed by atoms with Crippen LogP contribution >= 0.6 is 0 Å². The van der Waals surface area contributed by atoms with Gasteiger partial charge in [-0.05, 0) is 12.1 Å². The maximum absolute atomic E-state index is 12.8. The summed E-state index contributed by atoms with van der Waals surface area (Å²) in [5, 5.41) is 3.17. The molecule has 1 atom stereocenters. The maximum Gasteiger partial charge on any atom is 0.257 e. The number of carbonyl (C=O) groups is 1. The van der Waals surface area contributed by atoms with Crippen molar-refractivity contribution in [1.82, 2.24) is 5.32 Å². The van der Waals surface area contributed by atoms with E-state index in [2.05, 4.69) is 5.32 Å². The predicted molar refractivity (Wildman–Crippen MR) is 86.4 cm³/mol. The number of benzene rings is 1. The van der Waals surface area contributed by atoms with Crippen molar-refractivity contribution >= 4 is 11.6 Å². The van der Waals surface area contributed by atoms with Gasteiger partial charge in [0.1, 0.15) is 6.10 Å². The van der Waals surface area contributed by atoms with Gasteiger partial charge in [-0.25, -0.2) is 0 Å². The average molecular weight is 324 g/mol. The van der Waals surface area contributed by atoms with E-state index in [4.69, 9.17) is 18.9 Å². The molecule has 0 radical (unpaired) electrons. The molecule has 1 saturated heterocycles. The number of anilines is 1. The van der Waals surface area contributed by atoms with E-state index in [0.29, 0.717) is 37.8 Å². The zero-order valence-corrected chi connectivity index (χ0v) is 13.8. The first-order valence-electron chi connectivity index (χ1n) is 7.56. The minimum absolute atomic E-state index is 0.0959. The third kappa shape index (κ3) is 4.34. The van der Waals surface area contributed by atoms with E-state index in [0.717, 1.165) is 12.2 Å². The molecule has 0 aliphatic carbocycles. The summed E-state index contributed by atoms with van der Waals surface area (Å²) in [7, 11) is 4.75. The summed E-state index contributed by atoms with van der Waals surface area (Å²) in [4.78, 5) is 14.4. The number of hydrogen-bond acceptors (Lipinski definition) is 6. The Morgan fingerprint density at radius 1 is 1.30 bits per heavy atom. The molecule has 7 heteroatoms. The molecule has 0 saturated carbocycles. The van der Waals surface area contributed by atoms with Gasteiger partial charge in [-0.1, -0.05) is 0 Å². The Morgan fingerprint density at radius 2 is 2.09 bits per heavy atom. The summed E-state index contributed by atoms with van der Waals surface area (Å²) in [5.41, 5.74) is 0.721. The Hall–Kier alpha value is -1.83. The average Bonchev–Trinajstić information content (AvgIpc) is 2.62. The highest BCUT2D eigenvalue weighted by Gasteiger charge is 2.28. The minimum Gasteiger partial charge on any atom is -0.493 e. The fraction of sp³-hybridized carbons (Fsp3) is 0.562. The summed E-state index contributed by atoms with van der Waals surface area (Å²) in [6.07, 6.45) is -0.492. The molecule has 1 amide bonds. The van der Waals surface area contributed by atoms with Crippen LogP contribution in [0.25, 0.3) is 0 Å². The lowest BCUT2D eigenvalue weighted by molar-refractivity contribution is -0.131. The lowest BCUT2D eigenvalue weighted by Crippen LogP contribution is -2.50. The molecule has 1 aromatic rings. The fourth-order valence-corrected chi connectivity index (χ4v) is 2.44. The van der Waals surface area contributed by atoms with Crippen LogP contribution in [0.1, 0.15) is 0 Å². The zero-order chi connectivity index (χ0) is 16.7. The molecular weight excluding hydrogens is 300 g/mol. The summed E-state index contributed by atoms with van der Waals surface area (Å²) < 4.78 is 21.3. The van der Waals surface area contributed by atoms with Crippen LogP contribution in [0.3, 0.4) is 0 Å². The number of rotatable bonds is 7. The number of nitrogens with zero attached hydrogens (tertiary/aromatic N) is 1. The van der Waals surface area contributed by atoms with E-state index >= 15 is 0 Å². The first-order chi connectivity index (χ1) is 11.2. The Bertz CT molecular complexity index is 517. The number of amides is 1. The van der Waals surface area contributed by atoms with Crippen molar-refractivity contribution in [3.63, 3.8) is 0 Å². The molecular formula is C16H24N2O5. The Morgan fingerprint density at radius 3 is 2.70 bits per heavy atom. The van der Waals surface area contributed by atoms with Gasteiger partial charge >= 0.3 is 0 Å². The molecule has 1 heterocycles. The van der Waals surface area contributed by atoms with E-state index in [9.17, 15) is 4.79 Å². The van der Waals surface area contributed by atoms with Crippen LogP contribution < -0.4 is 19.7 Å². The van der Waals surface area contributed by atoms with Crippen LogP contribution in [-0.2, 0) is 14.3 Å². The molecule has 1 aliphatic rings. The van der Waals surface area contributed by atoms with E-state index in [1.54, 1.807) is 38.4 Å². The largest absolute Gasteiger partial charge is 0.493 e. The summed E-state index contributed by atoms with van der Waals surface area (Å²) >= 11 is 0. The molecule has 1 fully saturated rings. The molecule has 7 nitrogen and oxygen atoms in total. The molecule has 0 bridgehead atoms. The topological polar surface area (TPSA) is 69.3 Å². The highest BCUT2D eigenvalue weighted by molar-refractivity contribution is 5.97. The van der Waals surface area contributed by atoms with Gasteiger partial charge in [-0.2, -0.15) is 0 Å². The number of methoxy groups -OCH3 is 3. The minimum atomic E-state index is -0.492. The molecule has 1 N–H and O–H groups in total. The number of nitrogens with one attached hydrogen (secondary N) is 1. The number of morpholine rings is 1. The van der Waals surface area contributed by atoms with Gasteiger partial charge in [-0.3, -0.25) is 4.79 Å². The van der Waals surface area contributed by atoms with Gasteiger partial charge in [0.25, 0.3) is 5.91 Å². The fourth-order valence-electron chi connectivity index (χ4n) is 2.44. The summed E-state index contributed by atoms with van der Waals surface area (Å²) in [6.45, 7) is 2.67. The molecule has 1 unspecified atom stereocenters. The normalized spacial score (nSPS) is 17.6. The van der Waals surface area contributed by atoms with Crippen molar-refractivity contribution in [3.05, 3.63) is 18.2 Å². The smallest absolute Gasteiger partial charge is 0.257 e. The number of hydrogen-bond donors (Lipinski definition) is 1. The lowest BCUT2D eigenvalue weighted by atomic mass is 10.2. The van der Waals surface area contributed by atoms with E-state index < -0.39 is 6.10 Å². The zero-order valence-electron chi connectivity index (χ0n) is 13.8. The van der Waals surface area contributed by atoms with E-state index in [1.165, 1.54) is 0 Å². The van der Waals surface area contributed by atoms with Gasteiger partial charge < -0.3 is 29.2 Å². The Balaban J connectivity index is 2.24. The van der Waals surface area contributed by atoms with Crippen LogP contribution in [0.4, 0.5) is 5.69 Å². The van der Waals surface area contributed by atoms with E-state index in [-0.39, 0.29) is 5.91 Å². The van der Waals surface area contributed by atoms with Crippen molar-refractivity contribution in [1.29, 1.82) is 0 Å². The quantitative estimate of drug-likeness (QED) is 0.795. The van der Waals surface area contributed by atoms with Gasteiger partial charge in [0, 0.05) is 38.5 Å². The lowest BCUT2D eigenvalue weighted by Gasteiger charge is -2.30. The van der Waals surface area contributed by atoms with Crippen LogP contribution in [0, 0.1) is 0 Å². The predicted octanol–water partition coefficient (Wildman–Crippen LogP) is 0.672. The molecule has 0 aromatic heterocycles. The van der Waals surface area contributed by atoms with Crippen molar-refractivity contribution in [3.8, 4) is 11.5 Å². The third-order valence-electron chi connectivity index (χ3n) is 3.67. The van der Waals surface area contributed by atoms with E-state index in [1.807, 2.05) is 6.07 Å². The van der Waals surface area contributed by atoms with Crippen LogP contribution in [0.5, 0.6) is 11.5 Å². The Kier molecular flexibility index (Phi) is 6.64. The standard InChI is InChI=1S/C16H24N2O5/c1-20-9-7-18(16(19)15-11-17-6-8-23-15)12-4-5-13(21-2)14(10-12)22-3/h4-5,10,15,17H,6-9,11H2,1-3H3. The number of carbonyl (C=O) groups excluding carboxylic acids is 1. The van der Waals surface area contributed by atoms with Crippen molar-refractivity contribution in [2.45, 2.75) is 6.10 Å². The van der Waals surface area contributed by atoms with Crippen molar-refractivity contribution in [2.75, 3.05) is 59.1 Å². The highest BCUT2D eigenvalue weighted by Crippen LogP contribution is 2.31. The monoisotopic (exact) mass is 324 g/mol. The molecule has 1 aromatic carbocycles. The van der Waals surface area contributed by atoms with Crippen molar-refractivity contribution < 1.29 is 23.7 Å². The molecule has 1 aliphatic heterocycles. The SMILES string of the molecule is COCCN(C(=O)C1CNCCO1)c1ccc(OC)c(OC)c1. The second kappa shape index (κ2) is 8.71. The van der Waals surface area contributed by atoms with Crippen LogP contribution in [0.2, 0.25) is 0 Å². The highest BCUT2D eigenvalue weighted by atomic mass is 16.5. The molecule has 23 heavy (non-hydrogen) atoms. The molecule has 0 spiro atoms. The summed E-state index contributed by atoms with van der Waals surface area (Å²) in [5.74, 6) is 1.09. The van der Waals surface area contributed by atoms with Crippen molar-refractivity contribution in [2.24, 2.45) is 0 Å². The van der Waals surface area contributed by atoms with Gasteiger partial charge in [-0.15, -0.1) is 0 Å². The first kappa shape index (κ1) is 17.5. The van der Waals surface area contributed by atoms with Crippen LogP contribution in [0.15, 0.2) is 18.2 Å². The summed E-state index contributed by atoms with van der Waals surface area (Å²) in [6, 6.07) is 5.38. The second-order valence-corrected chi connectivity index (χ2v) is 5.09. The van der Waals surface area contributed by atoms with Gasteiger partial charge in [0.15, 0.2) is 11.5 Å². The Labute approximate surface area is 136 Å². The van der Waals surface area contributed by atoms with Gasteiger partial charge in [0.2, 0.25) is 0 Å². The molecule has 2 rings (SSSR count). The van der Waals surface area contributed by atoms with Gasteiger partial charge in [0.05, 0.1) is 27.4 Å². The van der Waals surface area contributed by atoms with Crippen LogP contribution in [-0.4, -0.2) is 66.2 Å². The maximum atomic E-state index is 12.8. The third-order valence-corrected chi connectivity index (χ3v) is 3.67.